The van der Waals surface area contributed by atoms with Crippen LogP contribution in [0.25, 0.3) is 11.0 Å². The number of rotatable bonds is 5. The second kappa shape index (κ2) is 10.2. The lowest BCUT2D eigenvalue weighted by atomic mass is 9.75. The number of hydrogen-bond donors (Lipinski definition) is 1. The summed E-state index contributed by atoms with van der Waals surface area (Å²) in [6.07, 6.45) is 14.1. The van der Waals surface area contributed by atoms with Crippen LogP contribution in [-0.2, 0) is 6.54 Å². The van der Waals surface area contributed by atoms with Crippen LogP contribution in [0.5, 0.6) is 0 Å². The van der Waals surface area contributed by atoms with Crippen LogP contribution in [-0.4, -0.2) is 21.0 Å². The van der Waals surface area contributed by atoms with Gasteiger partial charge in [-0.3, -0.25) is 0 Å². The fourth-order valence-electron chi connectivity index (χ4n) is 5.01. The molecule has 0 radical (unpaired) electrons. The van der Waals surface area contributed by atoms with Crippen molar-refractivity contribution in [2.45, 2.75) is 79.2 Å². The summed E-state index contributed by atoms with van der Waals surface area (Å²) in [7, 11) is 0. The summed E-state index contributed by atoms with van der Waals surface area (Å²) >= 11 is 0. The third-order valence-corrected chi connectivity index (χ3v) is 7.21. The summed E-state index contributed by atoms with van der Waals surface area (Å²) in [6.45, 7) is 15.1. The lowest BCUT2D eigenvalue weighted by Crippen LogP contribution is -2.31. The second-order valence-corrected chi connectivity index (χ2v) is 9.27. The van der Waals surface area contributed by atoms with Crippen LogP contribution in [0, 0.1) is 12.3 Å². The smallest absolute Gasteiger partial charge is 0.0958 e. The Morgan fingerprint density at radius 1 is 1.26 bits per heavy atom. The van der Waals surface area contributed by atoms with Crippen LogP contribution in [0.4, 0.5) is 0 Å². The topological polar surface area (TPSA) is 47.1 Å². The van der Waals surface area contributed by atoms with Crippen LogP contribution in [0.15, 0.2) is 60.3 Å². The summed E-state index contributed by atoms with van der Waals surface area (Å²) in [4.78, 5) is 7.02. The number of nitrogens with zero attached hydrogens (tertiary/aromatic N) is 3. The number of nitrogens with two attached hydrogens (primary N) is 1. The number of benzene rings is 1. The van der Waals surface area contributed by atoms with E-state index in [2.05, 4.69) is 73.0 Å². The molecule has 1 saturated heterocycles. The van der Waals surface area contributed by atoms with E-state index >= 15 is 0 Å². The zero-order valence-corrected chi connectivity index (χ0v) is 20.0. The Hall–Kier alpha value is -2.49. The van der Waals surface area contributed by atoms with Crippen molar-refractivity contribution >= 4 is 11.0 Å². The van der Waals surface area contributed by atoms with E-state index in [1.54, 1.807) is 6.20 Å². The molecule has 0 spiro atoms. The molecule has 0 saturated carbocycles. The minimum absolute atomic E-state index is 0.296. The van der Waals surface area contributed by atoms with Gasteiger partial charge in [-0.15, -0.1) is 0 Å². The summed E-state index contributed by atoms with van der Waals surface area (Å²) in [6, 6.07) is 6.56. The Bertz CT molecular complexity index is 965. The highest BCUT2D eigenvalue weighted by Gasteiger charge is 2.30. The largest absolute Gasteiger partial charge is 0.403 e. The van der Waals surface area contributed by atoms with E-state index in [0.29, 0.717) is 5.41 Å². The van der Waals surface area contributed by atoms with Crippen LogP contribution < -0.4 is 5.73 Å². The zero-order valence-electron chi connectivity index (χ0n) is 20.0. The highest BCUT2D eigenvalue weighted by atomic mass is 15.2. The van der Waals surface area contributed by atoms with Gasteiger partial charge in [-0.1, -0.05) is 32.1 Å². The zero-order chi connectivity index (χ0) is 22.4. The summed E-state index contributed by atoms with van der Waals surface area (Å²) in [5, 5.41) is 0. The van der Waals surface area contributed by atoms with Crippen LogP contribution in [0.2, 0.25) is 0 Å². The first kappa shape index (κ1) is 23.2. The highest BCUT2D eigenvalue weighted by molar-refractivity contribution is 5.76. The maximum Gasteiger partial charge on any atom is 0.0958 e. The van der Waals surface area contributed by atoms with Gasteiger partial charge >= 0.3 is 0 Å². The molecule has 168 valence electrons. The predicted octanol–water partition coefficient (Wildman–Crippen LogP) is 6.68. The average Bonchev–Trinajstić information content (AvgIpc) is 3.16. The lowest BCUT2D eigenvalue weighted by molar-refractivity contribution is 0.170. The molecule has 1 aromatic carbocycles. The van der Waals surface area contributed by atoms with Crippen molar-refractivity contribution < 1.29 is 0 Å². The molecule has 1 atom stereocenters. The third kappa shape index (κ3) is 5.23. The van der Waals surface area contributed by atoms with Crippen LogP contribution >= 0.6 is 0 Å². The summed E-state index contributed by atoms with van der Waals surface area (Å²) in [5.41, 5.74) is 13.5. The summed E-state index contributed by atoms with van der Waals surface area (Å²) in [5.74, 6) is 0. The van der Waals surface area contributed by atoms with Crippen LogP contribution in [0.1, 0.15) is 71.3 Å². The SMILES string of the molecule is C=C1CCCCC(CC)(Cn2cnc3ccc(C)cc32)CCCN1C(=C/N)/C(C)=C\C. The monoisotopic (exact) mass is 420 g/mol. The maximum absolute atomic E-state index is 6.04. The van der Waals surface area contributed by atoms with Gasteiger partial charge < -0.3 is 15.2 Å². The molecule has 1 aliphatic heterocycles. The predicted molar refractivity (Wildman–Crippen MR) is 132 cm³/mol. The molecule has 2 N–H and O–H groups in total. The van der Waals surface area contributed by atoms with Crippen molar-refractivity contribution in [2.24, 2.45) is 11.1 Å². The molecule has 1 aromatic heterocycles. The van der Waals surface area contributed by atoms with E-state index in [1.807, 2.05) is 6.33 Å². The maximum atomic E-state index is 6.04. The Balaban J connectivity index is 1.83. The number of aromatic nitrogens is 2. The van der Waals surface area contributed by atoms with Crippen molar-refractivity contribution in [1.29, 1.82) is 0 Å². The van der Waals surface area contributed by atoms with Crippen LogP contribution in [0.3, 0.4) is 0 Å². The molecule has 31 heavy (non-hydrogen) atoms. The van der Waals surface area contributed by atoms with Gasteiger partial charge in [0.2, 0.25) is 0 Å². The van der Waals surface area contributed by atoms with Crippen molar-refractivity contribution in [3.05, 3.63) is 65.9 Å². The van der Waals surface area contributed by atoms with E-state index in [0.717, 1.165) is 37.1 Å². The molecule has 4 nitrogen and oxygen atoms in total. The number of hydrogen-bond acceptors (Lipinski definition) is 3. The van der Waals surface area contributed by atoms with Gasteiger partial charge in [0.05, 0.1) is 23.1 Å². The number of allylic oxidation sites excluding steroid dienone is 3. The van der Waals surface area contributed by atoms with Gasteiger partial charge in [0.1, 0.15) is 0 Å². The fourth-order valence-corrected chi connectivity index (χ4v) is 5.01. The Morgan fingerprint density at radius 2 is 2.03 bits per heavy atom. The molecule has 1 unspecified atom stereocenters. The second-order valence-electron chi connectivity index (χ2n) is 9.27. The Labute approximate surface area is 188 Å². The van der Waals surface area contributed by atoms with Gasteiger partial charge in [0, 0.05) is 25.0 Å². The molecule has 1 aliphatic rings. The quantitative estimate of drug-likeness (QED) is 0.549. The van der Waals surface area contributed by atoms with Crippen molar-refractivity contribution in [3.8, 4) is 0 Å². The summed E-state index contributed by atoms with van der Waals surface area (Å²) < 4.78 is 2.39. The average molecular weight is 421 g/mol. The van der Waals surface area contributed by atoms with E-state index in [9.17, 15) is 0 Å². The molecule has 0 aliphatic carbocycles. The number of aryl methyl sites for hydroxylation is 1. The van der Waals surface area contributed by atoms with E-state index < -0.39 is 0 Å². The lowest BCUT2D eigenvalue weighted by Gasteiger charge is -2.37. The fraction of sp³-hybridized carbons (Fsp3) is 0.519. The Kier molecular flexibility index (Phi) is 7.64. The van der Waals surface area contributed by atoms with E-state index in [1.165, 1.54) is 54.5 Å². The van der Waals surface area contributed by atoms with E-state index in [-0.39, 0.29) is 0 Å². The van der Waals surface area contributed by atoms with Gasteiger partial charge in [0.25, 0.3) is 0 Å². The van der Waals surface area contributed by atoms with Gasteiger partial charge in [-0.2, -0.15) is 0 Å². The first-order valence-corrected chi connectivity index (χ1v) is 11.8. The molecule has 4 heteroatoms. The van der Waals surface area contributed by atoms with Crippen molar-refractivity contribution in [2.75, 3.05) is 6.54 Å². The molecule has 3 rings (SSSR count). The standard InChI is InChI=1S/C27H40N4/c1-6-22(4)26(18-28)31-16-10-15-27(7-2,14-9-8-11-23(31)5)19-30-20-29-24-13-12-21(3)17-25(24)30/h6,12-13,17-18,20H,5,7-11,14-16,19,28H2,1-4H3/b22-6-,26-18+. The van der Waals surface area contributed by atoms with Gasteiger partial charge in [-0.25, -0.2) is 4.98 Å². The minimum Gasteiger partial charge on any atom is -0.403 e. The third-order valence-electron chi connectivity index (χ3n) is 7.21. The van der Waals surface area contributed by atoms with Gasteiger partial charge in [-0.05, 0) is 88.0 Å². The molecular weight excluding hydrogens is 380 g/mol. The molecular formula is C27H40N4. The molecule has 0 bridgehead atoms. The van der Waals surface area contributed by atoms with E-state index in [4.69, 9.17) is 5.73 Å². The molecule has 2 heterocycles. The first-order valence-electron chi connectivity index (χ1n) is 11.8. The first-order chi connectivity index (χ1) is 14.9. The number of imidazole rings is 1. The molecule has 1 fully saturated rings. The van der Waals surface area contributed by atoms with Crippen molar-refractivity contribution in [3.63, 3.8) is 0 Å². The Morgan fingerprint density at radius 3 is 2.74 bits per heavy atom. The molecule has 2 aromatic rings. The number of fused-ring (bicyclic) bond motifs is 1. The van der Waals surface area contributed by atoms with Gasteiger partial charge in [0.15, 0.2) is 0 Å². The molecule has 0 amide bonds. The minimum atomic E-state index is 0.296. The van der Waals surface area contributed by atoms with Crippen molar-refractivity contribution in [1.82, 2.24) is 14.5 Å². The highest BCUT2D eigenvalue weighted by Crippen LogP contribution is 2.39. The normalized spacial score (nSPS) is 22.2.